The van der Waals surface area contributed by atoms with Crippen LogP contribution in [0.5, 0.6) is 0 Å². The molecule has 8 heteroatoms. The van der Waals surface area contributed by atoms with Crippen LogP contribution in [-0.2, 0) is 20.7 Å². The summed E-state index contributed by atoms with van der Waals surface area (Å²) in [7, 11) is 1.54. The molecule has 1 aliphatic heterocycles. The molecule has 1 heterocycles. The molecule has 1 aromatic carbocycles. The van der Waals surface area contributed by atoms with Crippen molar-refractivity contribution in [1.29, 1.82) is 0 Å². The minimum atomic E-state index is -0.274. The molecule has 1 unspecified atom stereocenters. The minimum absolute atomic E-state index is 0. The molecule has 1 aliphatic rings. The molecule has 1 aromatic rings. The fraction of sp³-hybridized carbons (Fsp3) is 0.529. The second-order valence-corrected chi connectivity index (χ2v) is 6.94. The van der Waals surface area contributed by atoms with Crippen molar-refractivity contribution in [3.8, 4) is 0 Å². The molecule has 1 fully saturated rings. The highest BCUT2D eigenvalue weighted by Gasteiger charge is 2.17. The van der Waals surface area contributed by atoms with Gasteiger partial charge in [-0.2, -0.15) is 11.8 Å². The van der Waals surface area contributed by atoms with Crippen molar-refractivity contribution in [1.82, 2.24) is 4.90 Å². The largest absolute Gasteiger partial charge is 0.380 e. The summed E-state index contributed by atoms with van der Waals surface area (Å²) in [6.07, 6.45) is 0.350. The van der Waals surface area contributed by atoms with Gasteiger partial charge in [0.05, 0.1) is 18.9 Å². The zero-order valence-electron chi connectivity index (χ0n) is 14.4. The molecular formula is C17H26ClN3O3S. The van der Waals surface area contributed by atoms with Crippen molar-refractivity contribution in [2.45, 2.75) is 18.9 Å². The van der Waals surface area contributed by atoms with Crippen LogP contribution in [0.3, 0.4) is 0 Å². The van der Waals surface area contributed by atoms with Gasteiger partial charge in [0.1, 0.15) is 0 Å². The Morgan fingerprint density at radius 3 is 2.48 bits per heavy atom. The maximum atomic E-state index is 12.2. The lowest BCUT2D eigenvalue weighted by molar-refractivity contribution is -0.130. The molecule has 0 radical (unpaired) electrons. The first kappa shape index (κ1) is 21.8. The molecule has 0 saturated carbocycles. The van der Waals surface area contributed by atoms with E-state index >= 15 is 0 Å². The predicted molar refractivity (Wildman–Crippen MR) is 104 cm³/mol. The second kappa shape index (κ2) is 11.4. The Morgan fingerprint density at radius 1 is 1.28 bits per heavy atom. The minimum Gasteiger partial charge on any atom is -0.380 e. The highest BCUT2D eigenvalue weighted by molar-refractivity contribution is 7.99. The van der Waals surface area contributed by atoms with E-state index in [1.54, 1.807) is 0 Å². The van der Waals surface area contributed by atoms with Crippen LogP contribution in [0, 0.1) is 0 Å². The number of ether oxygens (including phenoxy) is 1. The van der Waals surface area contributed by atoms with E-state index in [9.17, 15) is 9.59 Å². The van der Waals surface area contributed by atoms with Crippen LogP contribution >= 0.6 is 24.2 Å². The lowest BCUT2D eigenvalue weighted by atomic mass is 10.1. The Kier molecular flexibility index (Phi) is 9.89. The number of carbonyl (C=O) groups excluding carboxylic acids is 2. The smallest absolute Gasteiger partial charge is 0.227 e. The van der Waals surface area contributed by atoms with E-state index < -0.39 is 0 Å². The number of nitrogens with one attached hydrogen (secondary N) is 1. The first-order chi connectivity index (χ1) is 11.6. The Hall–Kier alpha value is -1.28. The number of carbonyl (C=O) groups is 2. The number of nitrogens with zero attached hydrogens (tertiary/aromatic N) is 1. The third kappa shape index (κ3) is 7.23. The number of halogens is 1. The third-order valence-electron chi connectivity index (χ3n) is 3.97. The maximum absolute atomic E-state index is 12.2. The zero-order valence-corrected chi connectivity index (χ0v) is 16.0. The van der Waals surface area contributed by atoms with Crippen molar-refractivity contribution in [3.63, 3.8) is 0 Å². The number of thioether (sulfide) groups is 1. The molecule has 2 rings (SSSR count). The number of hydrogen-bond donors (Lipinski definition) is 2. The fourth-order valence-corrected chi connectivity index (χ4v) is 3.39. The molecule has 6 nitrogen and oxygen atoms in total. The SMILES string of the molecule is COC(CN)CC(=O)Nc1ccc(CC(=O)N2CCSCC2)cc1.Cl. The van der Waals surface area contributed by atoms with Crippen LogP contribution in [0.4, 0.5) is 5.69 Å². The summed E-state index contributed by atoms with van der Waals surface area (Å²) in [6.45, 7) is 1.97. The van der Waals surface area contributed by atoms with Gasteiger partial charge in [-0.3, -0.25) is 9.59 Å². The number of methoxy groups -OCH3 is 1. The van der Waals surface area contributed by atoms with E-state index in [1.807, 2.05) is 40.9 Å². The van der Waals surface area contributed by atoms with Crippen LogP contribution in [0.2, 0.25) is 0 Å². The Labute approximate surface area is 159 Å². The van der Waals surface area contributed by atoms with Crippen LogP contribution in [-0.4, -0.2) is 61.1 Å². The third-order valence-corrected chi connectivity index (χ3v) is 4.91. The lowest BCUT2D eigenvalue weighted by Gasteiger charge is -2.26. The highest BCUT2D eigenvalue weighted by atomic mass is 35.5. The van der Waals surface area contributed by atoms with Gasteiger partial charge < -0.3 is 20.7 Å². The first-order valence-electron chi connectivity index (χ1n) is 8.09. The fourth-order valence-electron chi connectivity index (χ4n) is 2.49. The summed E-state index contributed by atoms with van der Waals surface area (Å²) in [6, 6.07) is 7.39. The van der Waals surface area contributed by atoms with Crippen LogP contribution < -0.4 is 11.1 Å². The monoisotopic (exact) mass is 387 g/mol. The molecule has 1 saturated heterocycles. The maximum Gasteiger partial charge on any atom is 0.227 e. The average molecular weight is 388 g/mol. The number of benzene rings is 1. The average Bonchev–Trinajstić information content (AvgIpc) is 2.62. The van der Waals surface area contributed by atoms with Crippen molar-refractivity contribution < 1.29 is 14.3 Å². The summed E-state index contributed by atoms with van der Waals surface area (Å²) in [5.41, 5.74) is 7.17. The molecule has 0 aliphatic carbocycles. The van der Waals surface area contributed by atoms with Crippen molar-refractivity contribution in [2.24, 2.45) is 5.73 Å². The van der Waals surface area contributed by atoms with Crippen LogP contribution in [0.25, 0.3) is 0 Å². The zero-order chi connectivity index (χ0) is 17.4. The molecule has 0 aromatic heterocycles. The highest BCUT2D eigenvalue weighted by Crippen LogP contribution is 2.14. The van der Waals surface area contributed by atoms with E-state index in [4.69, 9.17) is 10.5 Å². The molecule has 25 heavy (non-hydrogen) atoms. The number of anilines is 1. The molecule has 1 atom stereocenters. The van der Waals surface area contributed by atoms with Gasteiger partial charge >= 0.3 is 0 Å². The second-order valence-electron chi connectivity index (χ2n) is 5.71. The Morgan fingerprint density at radius 2 is 1.92 bits per heavy atom. The van der Waals surface area contributed by atoms with Gasteiger partial charge in [-0.15, -0.1) is 12.4 Å². The van der Waals surface area contributed by atoms with Crippen molar-refractivity contribution >= 4 is 41.7 Å². The topological polar surface area (TPSA) is 84.7 Å². The lowest BCUT2D eigenvalue weighted by Crippen LogP contribution is -2.38. The molecule has 0 spiro atoms. The van der Waals surface area contributed by atoms with Crippen LogP contribution in [0.15, 0.2) is 24.3 Å². The molecule has 2 amide bonds. The summed E-state index contributed by atoms with van der Waals surface area (Å²) in [4.78, 5) is 26.1. The van der Waals surface area contributed by atoms with Gasteiger partial charge in [0.15, 0.2) is 0 Å². The van der Waals surface area contributed by atoms with Gasteiger partial charge in [0.25, 0.3) is 0 Å². The van der Waals surface area contributed by atoms with Crippen molar-refractivity contribution in [2.75, 3.05) is 43.6 Å². The van der Waals surface area contributed by atoms with E-state index in [1.165, 1.54) is 7.11 Å². The number of rotatable bonds is 7. The Balaban J connectivity index is 0.00000312. The summed E-state index contributed by atoms with van der Waals surface area (Å²) in [5, 5.41) is 2.81. The number of nitrogens with two attached hydrogens (primary N) is 1. The number of amides is 2. The van der Waals surface area contributed by atoms with E-state index in [0.717, 1.165) is 30.2 Å². The van der Waals surface area contributed by atoms with E-state index in [0.29, 0.717) is 18.7 Å². The standard InChI is InChI=1S/C17H25N3O3S.ClH/c1-23-15(12-18)11-16(21)19-14-4-2-13(3-5-14)10-17(22)20-6-8-24-9-7-20;/h2-5,15H,6-12,18H2,1H3,(H,19,21);1H. The van der Waals surface area contributed by atoms with E-state index in [2.05, 4.69) is 5.32 Å². The molecular weight excluding hydrogens is 362 g/mol. The van der Waals surface area contributed by atoms with Gasteiger partial charge in [-0.05, 0) is 17.7 Å². The summed E-state index contributed by atoms with van der Waals surface area (Å²) in [5.74, 6) is 2.06. The first-order valence-corrected chi connectivity index (χ1v) is 9.25. The predicted octanol–water partition coefficient (Wildman–Crippen LogP) is 1.53. The molecule has 140 valence electrons. The normalized spacial score (nSPS) is 15.2. The van der Waals surface area contributed by atoms with E-state index in [-0.39, 0.29) is 36.7 Å². The quantitative estimate of drug-likeness (QED) is 0.741. The summed E-state index contributed by atoms with van der Waals surface area (Å²) >= 11 is 1.89. The van der Waals surface area contributed by atoms with Gasteiger partial charge in [-0.25, -0.2) is 0 Å². The molecule has 0 bridgehead atoms. The molecule has 3 N–H and O–H groups in total. The number of hydrogen-bond acceptors (Lipinski definition) is 5. The van der Waals surface area contributed by atoms with Gasteiger partial charge in [-0.1, -0.05) is 12.1 Å². The Bertz CT molecular complexity index is 547. The van der Waals surface area contributed by atoms with Crippen LogP contribution in [0.1, 0.15) is 12.0 Å². The van der Waals surface area contributed by atoms with Crippen molar-refractivity contribution in [3.05, 3.63) is 29.8 Å². The van der Waals surface area contributed by atoms with Gasteiger partial charge in [0, 0.05) is 43.9 Å². The summed E-state index contributed by atoms with van der Waals surface area (Å²) < 4.78 is 5.10. The van der Waals surface area contributed by atoms with Gasteiger partial charge in [0.2, 0.25) is 11.8 Å².